The zero-order chi connectivity index (χ0) is 19.9. The molecule has 1 saturated heterocycles. The normalized spacial score (nSPS) is 19.8. The van der Waals surface area contributed by atoms with Gasteiger partial charge >= 0.3 is 6.03 Å². The molecule has 1 aliphatic heterocycles. The van der Waals surface area contributed by atoms with Gasteiger partial charge in [-0.1, -0.05) is 41.5 Å². The van der Waals surface area contributed by atoms with Gasteiger partial charge in [0.1, 0.15) is 0 Å². The van der Waals surface area contributed by atoms with Crippen molar-refractivity contribution < 1.29 is 9.59 Å². The first-order valence-electron chi connectivity index (χ1n) is 10.6. The number of piperidine rings is 1. The summed E-state index contributed by atoms with van der Waals surface area (Å²) >= 11 is 0. The van der Waals surface area contributed by atoms with Crippen molar-refractivity contribution >= 4 is 11.9 Å². The van der Waals surface area contributed by atoms with E-state index in [1.807, 2.05) is 4.90 Å². The Morgan fingerprint density at radius 1 is 1.18 bits per heavy atom. The molecule has 0 spiro atoms. The van der Waals surface area contributed by atoms with Gasteiger partial charge in [-0.15, -0.1) is 0 Å². The molecule has 0 aromatic heterocycles. The van der Waals surface area contributed by atoms with Crippen LogP contribution in [0.2, 0.25) is 0 Å². The minimum Gasteiger partial charge on any atom is -0.351 e. The van der Waals surface area contributed by atoms with Crippen LogP contribution in [-0.4, -0.2) is 41.4 Å². The van der Waals surface area contributed by atoms with Gasteiger partial charge < -0.3 is 15.5 Å². The van der Waals surface area contributed by atoms with E-state index in [0.717, 1.165) is 44.2 Å². The number of likely N-dealkylation sites (tertiary alicyclic amines) is 1. The number of primary amides is 1. The van der Waals surface area contributed by atoms with Crippen molar-refractivity contribution in [3.8, 4) is 0 Å². The molecule has 2 aliphatic rings. The molecule has 2 N–H and O–H groups in total. The highest BCUT2D eigenvalue weighted by Gasteiger charge is 2.30. The number of urea groups is 1. The third kappa shape index (κ3) is 5.60. The first kappa shape index (κ1) is 20.4. The summed E-state index contributed by atoms with van der Waals surface area (Å²) in [6.45, 7) is 4.54. The molecule has 1 atom stereocenters. The SMILES string of the molecule is Cc1ccc(CN(CCC2=CCCCC2)C(=O)C2CCCN(C(N)=O)C2)cc1. The van der Waals surface area contributed by atoms with Gasteiger partial charge in [-0.3, -0.25) is 4.79 Å². The van der Waals surface area contributed by atoms with E-state index in [1.54, 1.807) is 4.90 Å². The van der Waals surface area contributed by atoms with E-state index in [0.29, 0.717) is 19.6 Å². The summed E-state index contributed by atoms with van der Waals surface area (Å²) < 4.78 is 0. The molecule has 5 heteroatoms. The molecule has 28 heavy (non-hydrogen) atoms. The third-order valence-electron chi connectivity index (χ3n) is 5.98. The Hall–Kier alpha value is -2.30. The van der Waals surface area contributed by atoms with E-state index < -0.39 is 6.03 Å². The fourth-order valence-electron chi connectivity index (χ4n) is 4.23. The number of amides is 3. The van der Waals surface area contributed by atoms with Gasteiger partial charge in [0.05, 0.1) is 5.92 Å². The molecular formula is C23H33N3O2. The number of hydrogen-bond acceptors (Lipinski definition) is 2. The average Bonchev–Trinajstić information content (AvgIpc) is 2.73. The quantitative estimate of drug-likeness (QED) is 0.755. The maximum absolute atomic E-state index is 13.3. The summed E-state index contributed by atoms with van der Waals surface area (Å²) in [6.07, 6.45) is 9.83. The van der Waals surface area contributed by atoms with Crippen LogP contribution in [0.25, 0.3) is 0 Å². The minimum atomic E-state index is -0.421. The van der Waals surface area contributed by atoms with Crippen molar-refractivity contribution in [1.82, 2.24) is 9.80 Å². The number of hydrogen-bond donors (Lipinski definition) is 1. The molecule has 1 aromatic carbocycles. The predicted octanol–water partition coefficient (Wildman–Crippen LogP) is 4.00. The fraction of sp³-hybridized carbons (Fsp3) is 0.565. The Bertz CT molecular complexity index is 711. The number of carbonyl (C=O) groups excluding carboxylic acids is 2. The van der Waals surface area contributed by atoms with Crippen LogP contribution in [0.1, 0.15) is 56.1 Å². The van der Waals surface area contributed by atoms with Crippen LogP contribution in [0, 0.1) is 12.8 Å². The van der Waals surface area contributed by atoms with Gasteiger partial charge in [0.2, 0.25) is 5.91 Å². The lowest BCUT2D eigenvalue weighted by Gasteiger charge is -2.34. The Balaban J connectivity index is 1.69. The second-order valence-corrected chi connectivity index (χ2v) is 8.23. The number of allylic oxidation sites excluding steroid dienone is 1. The Labute approximate surface area is 168 Å². The molecule has 152 valence electrons. The van der Waals surface area contributed by atoms with Gasteiger partial charge in [0, 0.05) is 26.2 Å². The first-order valence-corrected chi connectivity index (χ1v) is 10.6. The van der Waals surface area contributed by atoms with Crippen molar-refractivity contribution in [2.24, 2.45) is 11.7 Å². The van der Waals surface area contributed by atoms with Crippen molar-refractivity contribution in [1.29, 1.82) is 0 Å². The molecule has 0 radical (unpaired) electrons. The fourth-order valence-corrected chi connectivity index (χ4v) is 4.23. The van der Waals surface area contributed by atoms with Crippen LogP contribution in [0.5, 0.6) is 0 Å². The second-order valence-electron chi connectivity index (χ2n) is 8.23. The van der Waals surface area contributed by atoms with Gasteiger partial charge in [-0.25, -0.2) is 4.79 Å². The molecule has 1 aliphatic carbocycles. The summed E-state index contributed by atoms with van der Waals surface area (Å²) in [5.41, 5.74) is 9.31. The molecule has 1 aromatic rings. The van der Waals surface area contributed by atoms with E-state index in [9.17, 15) is 9.59 Å². The van der Waals surface area contributed by atoms with E-state index >= 15 is 0 Å². The zero-order valence-corrected chi connectivity index (χ0v) is 17.0. The largest absolute Gasteiger partial charge is 0.351 e. The molecule has 3 amide bonds. The average molecular weight is 384 g/mol. The van der Waals surface area contributed by atoms with Crippen LogP contribution >= 0.6 is 0 Å². The van der Waals surface area contributed by atoms with Crippen LogP contribution < -0.4 is 5.73 Å². The molecular weight excluding hydrogens is 350 g/mol. The van der Waals surface area contributed by atoms with E-state index in [2.05, 4.69) is 37.3 Å². The maximum atomic E-state index is 13.3. The van der Waals surface area contributed by atoms with Crippen molar-refractivity contribution in [2.75, 3.05) is 19.6 Å². The highest BCUT2D eigenvalue weighted by molar-refractivity contribution is 5.80. The summed E-state index contributed by atoms with van der Waals surface area (Å²) in [4.78, 5) is 28.5. The predicted molar refractivity (Wildman–Crippen MR) is 112 cm³/mol. The molecule has 1 heterocycles. The van der Waals surface area contributed by atoms with Gasteiger partial charge in [0.25, 0.3) is 0 Å². The lowest BCUT2D eigenvalue weighted by Crippen LogP contribution is -2.48. The molecule has 5 nitrogen and oxygen atoms in total. The lowest BCUT2D eigenvalue weighted by atomic mass is 9.95. The second kappa shape index (κ2) is 9.76. The van der Waals surface area contributed by atoms with Gasteiger partial charge in [0.15, 0.2) is 0 Å². The summed E-state index contributed by atoms with van der Waals surface area (Å²) in [5, 5.41) is 0. The van der Waals surface area contributed by atoms with E-state index in [-0.39, 0.29) is 11.8 Å². The van der Waals surface area contributed by atoms with Crippen LogP contribution in [0.15, 0.2) is 35.9 Å². The highest BCUT2D eigenvalue weighted by atomic mass is 16.2. The number of rotatable bonds is 6. The highest BCUT2D eigenvalue weighted by Crippen LogP contribution is 2.23. The summed E-state index contributed by atoms with van der Waals surface area (Å²) in [7, 11) is 0. The number of carbonyl (C=O) groups is 2. The molecule has 1 fully saturated rings. The maximum Gasteiger partial charge on any atom is 0.314 e. The minimum absolute atomic E-state index is 0.146. The smallest absolute Gasteiger partial charge is 0.314 e. The number of aryl methyl sites for hydroxylation is 1. The van der Waals surface area contributed by atoms with Gasteiger partial charge in [-0.2, -0.15) is 0 Å². The van der Waals surface area contributed by atoms with E-state index in [4.69, 9.17) is 5.73 Å². The molecule has 0 bridgehead atoms. The zero-order valence-electron chi connectivity index (χ0n) is 17.0. The molecule has 3 rings (SSSR count). The number of nitrogens with two attached hydrogens (primary N) is 1. The lowest BCUT2D eigenvalue weighted by molar-refractivity contribution is -0.137. The van der Waals surface area contributed by atoms with Crippen molar-refractivity contribution in [3.63, 3.8) is 0 Å². The monoisotopic (exact) mass is 383 g/mol. The van der Waals surface area contributed by atoms with Crippen molar-refractivity contribution in [2.45, 2.75) is 58.4 Å². The third-order valence-corrected chi connectivity index (χ3v) is 5.98. The number of nitrogens with zero attached hydrogens (tertiary/aromatic N) is 2. The molecule has 0 saturated carbocycles. The summed E-state index contributed by atoms with van der Waals surface area (Å²) in [6, 6.07) is 7.97. The van der Waals surface area contributed by atoms with E-state index in [1.165, 1.54) is 24.0 Å². The summed E-state index contributed by atoms with van der Waals surface area (Å²) in [5.74, 6) is 0.00923. The first-order chi connectivity index (χ1) is 13.5. The Morgan fingerprint density at radius 2 is 1.96 bits per heavy atom. The standard InChI is InChI=1S/C23H33N3O2/c1-18-9-11-20(12-10-18)16-25(15-13-19-6-3-2-4-7-19)22(27)21-8-5-14-26(17-21)23(24)28/h6,9-12,21H,2-5,7-8,13-17H2,1H3,(H2,24,28). The Morgan fingerprint density at radius 3 is 2.64 bits per heavy atom. The number of benzene rings is 1. The Kier molecular flexibility index (Phi) is 7.12. The van der Waals surface area contributed by atoms with Crippen LogP contribution in [-0.2, 0) is 11.3 Å². The van der Waals surface area contributed by atoms with Gasteiger partial charge in [-0.05, 0) is 57.4 Å². The van der Waals surface area contributed by atoms with Crippen LogP contribution in [0.3, 0.4) is 0 Å². The van der Waals surface area contributed by atoms with Crippen LogP contribution in [0.4, 0.5) is 4.79 Å². The topological polar surface area (TPSA) is 66.6 Å². The molecule has 1 unspecified atom stereocenters. The van der Waals surface area contributed by atoms with Crippen molar-refractivity contribution in [3.05, 3.63) is 47.0 Å².